The van der Waals surface area contributed by atoms with E-state index in [0.29, 0.717) is 0 Å². The van der Waals surface area contributed by atoms with E-state index in [1.54, 1.807) is 12.1 Å². The SMILES string of the molecule is N#CCc1c(C#N)ncc(CCl)c1C(F)F. The molecule has 0 amide bonds. The van der Waals surface area contributed by atoms with Crippen molar-refractivity contribution in [3.63, 3.8) is 0 Å². The summed E-state index contributed by atoms with van der Waals surface area (Å²) in [5, 5.41) is 17.3. The minimum absolute atomic E-state index is 0.0295. The van der Waals surface area contributed by atoms with E-state index >= 15 is 0 Å². The fourth-order valence-corrected chi connectivity index (χ4v) is 1.56. The Kier molecular flexibility index (Phi) is 4.16. The van der Waals surface area contributed by atoms with E-state index in [2.05, 4.69) is 4.98 Å². The van der Waals surface area contributed by atoms with Gasteiger partial charge in [0.25, 0.3) is 6.43 Å². The Hall–Kier alpha value is -1.72. The summed E-state index contributed by atoms with van der Waals surface area (Å²) in [6, 6.07) is 3.43. The summed E-state index contributed by atoms with van der Waals surface area (Å²) in [4.78, 5) is 3.70. The first-order valence-electron chi connectivity index (χ1n) is 4.27. The molecule has 0 aliphatic rings. The average Bonchev–Trinajstić information content (AvgIpc) is 2.28. The van der Waals surface area contributed by atoms with Crippen molar-refractivity contribution in [2.24, 2.45) is 0 Å². The highest BCUT2D eigenvalue weighted by Crippen LogP contribution is 2.29. The predicted octanol–water partition coefficient (Wildman–Crippen LogP) is 2.70. The van der Waals surface area contributed by atoms with Crippen LogP contribution in [0, 0.1) is 22.7 Å². The summed E-state index contributed by atoms with van der Waals surface area (Å²) < 4.78 is 25.6. The van der Waals surface area contributed by atoms with Gasteiger partial charge in [-0.15, -0.1) is 11.6 Å². The Morgan fingerprint density at radius 1 is 1.44 bits per heavy atom. The number of halogens is 3. The lowest BCUT2D eigenvalue weighted by molar-refractivity contribution is 0.149. The molecule has 0 radical (unpaired) electrons. The standard InChI is InChI=1S/C10H6ClF2N3/c11-3-6-5-16-8(4-15)7(1-2-14)9(6)10(12)13/h5,10H,1,3H2. The van der Waals surface area contributed by atoms with Gasteiger partial charge in [-0.1, -0.05) is 0 Å². The van der Waals surface area contributed by atoms with Crippen molar-refractivity contribution in [2.75, 3.05) is 0 Å². The number of rotatable bonds is 3. The Bertz CT molecular complexity index is 474. The van der Waals surface area contributed by atoms with Crippen LogP contribution in [-0.2, 0) is 12.3 Å². The van der Waals surface area contributed by atoms with Crippen molar-refractivity contribution in [1.29, 1.82) is 10.5 Å². The van der Waals surface area contributed by atoms with E-state index in [9.17, 15) is 8.78 Å². The fraction of sp³-hybridized carbons (Fsp3) is 0.300. The first-order chi connectivity index (χ1) is 7.65. The summed E-state index contributed by atoms with van der Waals surface area (Å²) >= 11 is 5.50. The second-order valence-electron chi connectivity index (χ2n) is 2.91. The maximum Gasteiger partial charge on any atom is 0.264 e. The number of nitrogens with zero attached hydrogens (tertiary/aromatic N) is 3. The number of aromatic nitrogens is 1. The van der Waals surface area contributed by atoms with E-state index in [1.807, 2.05) is 0 Å². The van der Waals surface area contributed by atoms with Gasteiger partial charge in [0.2, 0.25) is 0 Å². The summed E-state index contributed by atoms with van der Waals surface area (Å²) in [6.45, 7) is 0. The maximum atomic E-state index is 12.8. The van der Waals surface area contributed by atoms with Crippen LogP contribution in [0.3, 0.4) is 0 Å². The highest BCUT2D eigenvalue weighted by atomic mass is 35.5. The molecule has 82 valence electrons. The van der Waals surface area contributed by atoms with Crippen LogP contribution in [0.4, 0.5) is 8.78 Å². The monoisotopic (exact) mass is 241 g/mol. The van der Waals surface area contributed by atoms with Crippen molar-refractivity contribution >= 4 is 11.6 Å². The minimum Gasteiger partial charge on any atom is -0.245 e. The van der Waals surface area contributed by atoms with Gasteiger partial charge in [0, 0.05) is 23.2 Å². The topological polar surface area (TPSA) is 60.5 Å². The second kappa shape index (κ2) is 5.39. The predicted molar refractivity (Wildman–Crippen MR) is 52.8 cm³/mol. The van der Waals surface area contributed by atoms with E-state index in [4.69, 9.17) is 22.1 Å². The van der Waals surface area contributed by atoms with Crippen LogP contribution in [0.25, 0.3) is 0 Å². The maximum absolute atomic E-state index is 12.8. The number of nitriles is 2. The smallest absolute Gasteiger partial charge is 0.245 e. The van der Waals surface area contributed by atoms with Gasteiger partial charge in [-0.2, -0.15) is 10.5 Å². The number of hydrogen-bond acceptors (Lipinski definition) is 3. The highest BCUT2D eigenvalue weighted by molar-refractivity contribution is 6.17. The van der Waals surface area contributed by atoms with Crippen molar-refractivity contribution in [3.8, 4) is 12.1 Å². The van der Waals surface area contributed by atoms with E-state index in [0.717, 1.165) is 6.20 Å². The van der Waals surface area contributed by atoms with Crippen LogP contribution in [0.15, 0.2) is 6.20 Å². The number of alkyl halides is 3. The number of hydrogen-bond donors (Lipinski definition) is 0. The highest BCUT2D eigenvalue weighted by Gasteiger charge is 2.21. The molecule has 0 aliphatic carbocycles. The quantitative estimate of drug-likeness (QED) is 0.765. The molecule has 6 heteroatoms. The Morgan fingerprint density at radius 3 is 2.56 bits per heavy atom. The molecule has 3 nitrogen and oxygen atoms in total. The van der Waals surface area contributed by atoms with Gasteiger partial charge < -0.3 is 0 Å². The van der Waals surface area contributed by atoms with E-state index in [1.165, 1.54) is 0 Å². The molecule has 1 rings (SSSR count). The molecule has 0 spiro atoms. The molecule has 0 unspecified atom stereocenters. The Morgan fingerprint density at radius 2 is 2.12 bits per heavy atom. The van der Waals surface area contributed by atoms with Crippen molar-refractivity contribution in [2.45, 2.75) is 18.7 Å². The van der Waals surface area contributed by atoms with Crippen molar-refractivity contribution in [1.82, 2.24) is 4.98 Å². The third kappa shape index (κ3) is 2.26. The van der Waals surface area contributed by atoms with Crippen LogP contribution in [0.1, 0.15) is 28.8 Å². The van der Waals surface area contributed by atoms with E-state index < -0.39 is 6.43 Å². The zero-order valence-electron chi connectivity index (χ0n) is 8.04. The molecule has 0 aliphatic heterocycles. The first kappa shape index (κ1) is 12.4. The van der Waals surface area contributed by atoms with Gasteiger partial charge >= 0.3 is 0 Å². The van der Waals surface area contributed by atoms with Crippen LogP contribution in [0.5, 0.6) is 0 Å². The van der Waals surface area contributed by atoms with Gasteiger partial charge in [-0.05, 0) is 5.56 Å². The first-order valence-corrected chi connectivity index (χ1v) is 4.81. The van der Waals surface area contributed by atoms with Gasteiger partial charge in [0.15, 0.2) is 0 Å². The molecule has 16 heavy (non-hydrogen) atoms. The summed E-state index contributed by atoms with van der Waals surface area (Å²) in [5.41, 5.74) is -0.368. The van der Waals surface area contributed by atoms with Crippen LogP contribution >= 0.6 is 11.6 Å². The van der Waals surface area contributed by atoms with E-state index in [-0.39, 0.29) is 34.7 Å². The fourth-order valence-electron chi connectivity index (χ4n) is 1.34. The molecule has 0 saturated heterocycles. The normalized spacial score (nSPS) is 9.88. The van der Waals surface area contributed by atoms with Crippen molar-refractivity contribution < 1.29 is 8.78 Å². The molecule has 1 aromatic rings. The third-order valence-corrected chi connectivity index (χ3v) is 2.32. The van der Waals surface area contributed by atoms with Gasteiger partial charge in [0.05, 0.1) is 12.5 Å². The molecule has 0 atom stereocenters. The molecular weight excluding hydrogens is 236 g/mol. The molecule has 0 fully saturated rings. The summed E-state index contributed by atoms with van der Waals surface area (Å²) in [5.74, 6) is -0.128. The van der Waals surface area contributed by atoms with Gasteiger partial charge in [0.1, 0.15) is 11.8 Å². The molecule has 0 bridgehead atoms. The molecule has 1 heterocycles. The lowest BCUT2D eigenvalue weighted by Gasteiger charge is -2.11. The van der Waals surface area contributed by atoms with Crippen molar-refractivity contribution in [3.05, 3.63) is 28.6 Å². The number of pyridine rings is 1. The van der Waals surface area contributed by atoms with Gasteiger partial charge in [-0.25, -0.2) is 13.8 Å². The molecular formula is C10H6ClF2N3. The Balaban J connectivity index is 3.49. The lowest BCUT2D eigenvalue weighted by Crippen LogP contribution is -2.04. The molecule has 0 aromatic carbocycles. The van der Waals surface area contributed by atoms with Crippen LogP contribution in [-0.4, -0.2) is 4.98 Å². The Labute approximate surface area is 95.9 Å². The van der Waals surface area contributed by atoms with Gasteiger partial charge in [-0.3, -0.25) is 0 Å². The minimum atomic E-state index is -2.77. The molecule has 0 saturated carbocycles. The zero-order chi connectivity index (χ0) is 12.1. The average molecular weight is 242 g/mol. The third-order valence-electron chi connectivity index (χ3n) is 2.03. The molecule has 0 N–H and O–H groups in total. The lowest BCUT2D eigenvalue weighted by atomic mass is 10.0. The summed E-state index contributed by atoms with van der Waals surface area (Å²) in [6.07, 6.45) is -1.90. The van der Waals surface area contributed by atoms with Crippen LogP contribution in [0.2, 0.25) is 0 Å². The largest absolute Gasteiger partial charge is 0.264 e. The van der Waals surface area contributed by atoms with Crippen LogP contribution < -0.4 is 0 Å². The second-order valence-corrected chi connectivity index (χ2v) is 3.17. The summed E-state index contributed by atoms with van der Waals surface area (Å²) in [7, 11) is 0. The zero-order valence-corrected chi connectivity index (χ0v) is 8.80. The molecule has 1 aromatic heterocycles.